The molecule has 0 amide bonds. The second kappa shape index (κ2) is 7.12. The molecule has 0 saturated carbocycles. The summed E-state index contributed by atoms with van der Waals surface area (Å²) in [7, 11) is 0. The lowest BCUT2D eigenvalue weighted by Gasteiger charge is -2.09. The third-order valence-corrected chi connectivity index (χ3v) is 2.82. The molecule has 2 N–H and O–H groups in total. The number of carboxylic acid groups (broad SMARTS) is 1. The highest BCUT2D eigenvalue weighted by molar-refractivity contribution is 5.92. The number of para-hydroxylation sites is 2. The summed E-state index contributed by atoms with van der Waals surface area (Å²) in [6.07, 6.45) is 0. The molecule has 0 aliphatic carbocycles. The van der Waals surface area contributed by atoms with Gasteiger partial charge in [0.05, 0.1) is 0 Å². The molecule has 0 aromatic heterocycles. The Hall–Kier alpha value is -3.02. The number of esters is 1. The lowest BCUT2D eigenvalue weighted by Crippen LogP contribution is -2.13. The smallest absolute Gasteiger partial charge is 0.342 e. The molecule has 0 saturated heterocycles. The molecule has 0 heterocycles. The summed E-state index contributed by atoms with van der Waals surface area (Å²) < 4.78 is 10.3. The van der Waals surface area contributed by atoms with Gasteiger partial charge in [0.15, 0.2) is 0 Å². The normalized spacial score (nSPS) is 10.0. The number of hydrogen-bond donors (Lipinski definition) is 2. The minimum absolute atomic E-state index is 0.00360. The van der Waals surface area contributed by atoms with Crippen LogP contribution in [0.2, 0.25) is 0 Å². The van der Waals surface area contributed by atoms with E-state index >= 15 is 0 Å². The molecule has 6 heteroatoms. The number of rotatable bonds is 6. The van der Waals surface area contributed by atoms with Crippen molar-refractivity contribution in [3.05, 3.63) is 59.7 Å². The lowest BCUT2D eigenvalue weighted by atomic mass is 10.2. The molecular weight excluding hydrogens is 288 g/mol. The molecule has 0 aliphatic rings. The number of phenolic OH excluding ortho intramolecular Hbond substituents is 1. The number of ether oxygens (including phenoxy) is 2. The highest BCUT2D eigenvalue weighted by Gasteiger charge is 2.12. The first kappa shape index (κ1) is 15.4. The van der Waals surface area contributed by atoms with Crippen molar-refractivity contribution in [2.45, 2.75) is 0 Å². The topological polar surface area (TPSA) is 93.1 Å². The number of carbonyl (C=O) groups excluding carboxylic acids is 1. The van der Waals surface area contributed by atoms with Crippen molar-refractivity contribution in [1.82, 2.24) is 0 Å². The third-order valence-electron chi connectivity index (χ3n) is 2.82. The van der Waals surface area contributed by atoms with Gasteiger partial charge in [-0.25, -0.2) is 9.59 Å². The van der Waals surface area contributed by atoms with Crippen LogP contribution in [-0.2, 0) is 4.74 Å². The van der Waals surface area contributed by atoms with Gasteiger partial charge in [-0.2, -0.15) is 0 Å². The molecule has 0 atom stereocenters. The van der Waals surface area contributed by atoms with Crippen LogP contribution in [-0.4, -0.2) is 35.4 Å². The number of phenols is 1. The summed E-state index contributed by atoms with van der Waals surface area (Å²) in [5, 5.41) is 18.5. The number of carbonyl (C=O) groups is 2. The van der Waals surface area contributed by atoms with Crippen LogP contribution < -0.4 is 4.74 Å². The van der Waals surface area contributed by atoms with E-state index in [1.165, 1.54) is 24.3 Å². The van der Waals surface area contributed by atoms with Crippen molar-refractivity contribution in [2.24, 2.45) is 0 Å². The van der Waals surface area contributed by atoms with Crippen LogP contribution in [0.1, 0.15) is 20.7 Å². The van der Waals surface area contributed by atoms with Crippen LogP contribution in [0.15, 0.2) is 48.5 Å². The first-order valence-corrected chi connectivity index (χ1v) is 6.50. The van der Waals surface area contributed by atoms with E-state index in [-0.39, 0.29) is 35.8 Å². The molecule has 0 bridgehead atoms. The standard InChI is InChI=1S/C16H14O6/c17-13-7-3-1-5-11(13)16(20)22-10-9-21-14-8-4-2-6-12(14)15(18)19/h1-8,17H,9-10H2,(H,18,19). The fraction of sp³-hybridized carbons (Fsp3) is 0.125. The molecular formula is C16H14O6. The number of carboxylic acids is 1. The second-order valence-corrected chi connectivity index (χ2v) is 4.30. The van der Waals surface area contributed by atoms with Crippen molar-refractivity contribution < 1.29 is 29.3 Å². The molecule has 114 valence electrons. The van der Waals surface area contributed by atoms with Crippen LogP contribution >= 0.6 is 0 Å². The molecule has 0 fully saturated rings. The molecule has 0 radical (unpaired) electrons. The van der Waals surface area contributed by atoms with Crippen LogP contribution in [0.4, 0.5) is 0 Å². The maximum atomic E-state index is 11.7. The fourth-order valence-corrected chi connectivity index (χ4v) is 1.78. The third kappa shape index (κ3) is 3.76. The van der Waals surface area contributed by atoms with E-state index in [1.54, 1.807) is 24.3 Å². The van der Waals surface area contributed by atoms with E-state index in [9.17, 15) is 14.7 Å². The number of benzene rings is 2. The van der Waals surface area contributed by atoms with E-state index in [0.717, 1.165) is 0 Å². The Labute approximate surface area is 126 Å². The molecule has 2 aromatic carbocycles. The molecule has 6 nitrogen and oxygen atoms in total. The van der Waals surface area contributed by atoms with Crippen molar-refractivity contribution in [1.29, 1.82) is 0 Å². The summed E-state index contributed by atoms with van der Waals surface area (Å²) in [6, 6.07) is 12.2. The Morgan fingerprint density at radius 1 is 0.909 bits per heavy atom. The van der Waals surface area contributed by atoms with Gasteiger partial charge in [-0.15, -0.1) is 0 Å². The fourth-order valence-electron chi connectivity index (χ4n) is 1.78. The zero-order valence-electron chi connectivity index (χ0n) is 11.6. The van der Waals surface area contributed by atoms with Crippen molar-refractivity contribution in [3.63, 3.8) is 0 Å². The minimum Gasteiger partial charge on any atom is -0.507 e. The van der Waals surface area contributed by atoms with Crippen LogP contribution in [0.25, 0.3) is 0 Å². The average Bonchev–Trinajstić information content (AvgIpc) is 2.52. The molecule has 0 spiro atoms. The highest BCUT2D eigenvalue weighted by atomic mass is 16.6. The van der Waals surface area contributed by atoms with E-state index in [2.05, 4.69) is 0 Å². The van der Waals surface area contributed by atoms with Crippen molar-refractivity contribution >= 4 is 11.9 Å². The van der Waals surface area contributed by atoms with Crippen LogP contribution in [0.5, 0.6) is 11.5 Å². The quantitative estimate of drug-likeness (QED) is 0.628. The van der Waals surface area contributed by atoms with E-state index < -0.39 is 11.9 Å². The predicted octanol–water partition coefficient (Wildman–Crippen LogP) is 2.33. The van der Waals surface area contributed by atoms with Gasteiger partial charge in [-0.05, 0) is 24.3 Å². The molecule has 22 heavy (non-hydrogen) atoms. The summed E-state index contributed by atoms with van der Waals surface area (Å²) >= 11 is 0. The summed E-state index contributed by atoms with van der Waals surface area (Å²) in [5.41, 5.74) is 0.1000. The Bertz CT molecular complexity index is 680. The zero-order valence-corrected chi connectivity index (χ0v) is 11.6. The van der Waals surface area contributed by atoms with Gasteiger partial charge in [0.2, 0.25) is 0 Å². The van der Waals surface area contributed by atoms with Crippen molar-refractivity contribution in [2.75, 3.05) is 13.2 Å². The van der Waals surface area contributed by atoms with Gasteiger partial charge in [-0.3, -0.25) is 0 Å². The van der Waals surface area contributed by atoms with Gasteiger partial charge in [0, 0.05) is 0 Å². The minimum atomic E-state index is -1.10. The van der Waals surface area contributed by atoms with Crippen LogP contribution in [0.3, 0.4) is 0 Å². The maximum absolute atomic E-state index is 11.7. The van der Waals surface area contributed by atoms with Gasteiger partial charge in [0.1, 0.15) is 35.8 Å². The zero-order chi connectivity index (χ0) is 15.9. The highest BCUT2D eigenvalue weighted by Crippen LogP contribution is 2.18. The van der Waals surface area contributed by atoms with Gasteiger partial charge in [-0.1, -0.05) is 24.3 Å². The van der Waals surface area contributed by atoms with Crippen molar-refractivity contribution in [3.8, 4) is 11.5 Å². The summed E-state index contributed by atoms with van der Waals surface area (Å²) in [5.74, 6) is -1.73. The largest absolute Gasteiger partial charge is 0.507 e. The predicted molar refractivity (Wildman–Crippen MR) is 77.3 cm³/mol. The molecule has 0 unspecified atom stereocenters. The summed E-state index contributed by atoms with van der Waals surface area (Å²) in [6.45, 7) is -0.0647. The second-order valence-electron chi connectivity index (χ2n) is 4.30. The number of aromatic hydroxyl groups is 1. The first-order chi connectivity index (χ1) is 10.6. The van der Waals surface area contributed by atoms with Gasteiger partial charge < -0.3 is 19.7 Å². The Kier molecular flexibility index (Phi) is 4.98. The maximum Gasteiger partial charge on any atom is 0.342 e. The van der Waals surface area contributed by atoms with Gasteiger partial charge >= 0.3 is 11.9 Å². The van der Waals surface area contributed by atoms with Crippen LogP contribution in [0, 0.1) is 0 Å². The Balaban J connectivity index is 1.87. The summed E-state index contributed by atoms with van der Waals surface area (Å²) in [4.78, 5) is 22.7. The lowest BCUT2D eigenvalue weighted by molar-refractivity contribution is 0.0443. The SMILES string of the molecule is O=C(OCCOc1ccccc1C(=O)O)c1ccccc1O. The Morgan fingerprint density at radius 2 is 1.55 bits per heavy atom. The first-order valence-electron chi connectivity index (χ1n) is 6.50. The van der Waals surface area contributed by atoms with E-state index in [0.29, 0.717) is 0 Å². The monoisotopic (exact) mass is 302 g/mol. The molecule has 2 rings (SSSR count). The van der Waals surface area contributed by atoms with Gasteiger partial charge in [0.25, 0.3) is 0 Å². The number of hydrogen-bond acceptors (Lipinski definition) is 5. The number of aromatic carboxylic acids is 1. The molecule has 2 aromatic rings. The Morgan fingerprint density at radius 3 is 2.23 bits per heavy atom. The van der Waals surface area contributed by atoms with E-state index in [4.69, 9.17) is 14.6 Å². The molecule has 0 aliphatic heterocycles. The van der Waals surface area contributed by atoms with E-state index in [1.807, 2.05) is 0 Å². The average molecular weight is 302 g/mol.